The number of esters is 1. The molecule has 1 unspecified atom stereocenters. The fourth-order valence-electron chi connectivity index (χ4n) is 3.38. The van der Waals surface area contributed by atoms with Crippen molar-refractivity contribution in [3.05, 3.63) is 63.7 Å². The molecule has 2 aromatic carbocycles. The van der Waals surface area contributed by atoms with Gasteiger partial charge in [-0.3, -0.25) is 19.7 Å². The van der Waals surface area contributed by atoms with Crippen molar-refractivity contribution < 1.29 is 32.4 Å². The van der Waals surface area contributed by atoms with E-state index in [1.807, 2.05) is 19.1 Å². The van der Waals surface area contributed by atoms with Crippen LogP contribution in [-0.2, 0) is 26.9 Å². The van der Waals surface area contributed by atoms with Crippen LogP contribution < -0.4 is 10.2 Å². The molecule has 0 fully saturated rings. The molecule has 0 bridgehead atoms. The first kappa shape index (κ1) is 22.1. The van der Waals surface area contributed by atoms with Crippen molar-refractivity contribution >= 4 is 28.9 Å². The highest BCUT2D eigenvalue weighted by molar-refractivity contribution is 5.97. The molecule has 1 atom stereocenters. The SMILES string of the molecule is CC1Cc2ccccc2N1C(=O)COC(=O)CNc1ccc(C(F)(F)F)cc1[N+](=O)[O-]. The van der Waals surface area contributed by atoms with Gasteiger partial charge in [-0.1, -0.05) is 18.2 Å². The topological polar surface area (TPSA) is 102 Å². The molecule has 1 amide bonds. The van der Waals surface area contributed by atoms with Gasteiger partial charge >= 0.3 is 12.1 Å². The summed E-state index contributed by atoms with van der Waals surface area (Å²) in [4.78, 5) is 36.1. The Morgan fingerprint density at radius 2 is 1.97 bits per heavy atom. The van der Waals surface area contributed by atoms with Crippen molar-refractivity contribution in [3.63, 3.8) is 0 Å². The highest BCUT2D eigenvalue weighted by Gasteiger charge is 2.33. The van der Waals surface area contributed by atoms with E-state index in [4.69, 9.17) is 4.74 Å². The van der Waals surface area contributed by atoms with Crippen LogP contribution in [-0.4, -0.2) is 36.0 Å². The fraction of sp³-hybridized carbons (Fsp3) is 0.300. The van der Waals surface area contributed by atoms with E-state index in [1.165, 1.54) is 4.90 Å². The quantitative estimate of drug-likeness (QED) is 0.421. The second-order valence-corrected chi connectivity index (χ2v) is 6.95. The number of halogens is 3. The molecule has 1 N–H and O–H groups in total. The summed E-state index contributed by atoms with van der Waals surface area (Å²) in [5.41, 5.74) is -0.539. The van der Waals surface area contributed by atoms with Crippen molar-refractivity contribution in [3.8, 4) is 0 Å². The second kappa shape index (κ2) is 8.62. The van der Waals surface area contributed by atoms with Crippen LogP contribution in [0, 0.1) is 10.1 Å². The van der Waals surface area contributed by atoms with Gasteiger partial charge in [-0.05, 0) is 37.1 Å². The number of carbonyl (C=O) groups is 2. The molecule has 1 aliphatic heterocycles. The van der Waals surface area contributed by atoms with E-state index in [0.29, 0.717) is 18.6 Å². The Bertz CT molecular complexity index is 1030. The molecule has 0 aliphatic carbocycles. The summed E-state index contributed by atoms with van der Waals surface area (Å²) in [7, 11) is 0. The summed E-state index contributed by atoms with van der Waals surface area (Å²) in [6.45, 7) is 0.769. The number of nitrogens with zero attached hydrogens (tertiary/aromatic N) is 2. The van der Waals surface area contributed by atoms with Gasteiger partial charge in [0.1, 0.15) is 12.2 Å². The zero-order valence-electron chi connectivity index (χ0n) is 16.3. The number of fused-ring (bicyclic) bond motifs is 1. The lowest BCUT2D eigenvalue weighted by Gasteiger charge is -2.22. The summed E-state index contributed by atoms with van der Waals surface area (Å²) in [6.07, 6.45) is -4.07. The smallest absolute Gasteiger partial charge is 0.416 e. The van der Waals surface area contributed by atoms with Gasteiger partial charge in [0.15, 0.2) is 6.61 Å². The summed E-state index contributed by atoms with van der Waals surface area (Å²) in [5.74, 6) is -1.31. The highest BCUT2D eigenvalue weighted by atomic mass is 19.4. The average Bonchev–Trinajstić information content (AvgIpc) is 3.05. The van der Waals surface area contributed by atoms with Crippen molar-refractivity contribution in [2.45, 2.75) is 25.6 Å². The van der Waals surface area contributed by atoms with Gasteiger partial charge in [-0.15, -0.1) is 0 Å². The standard InChI is InChI=1S/C20H18F3N3O5/c1-12-8-13-4-2-3-5-16(13)25(12)18(27)11-31-19(28)10-24-15-7-6-14(20(21,22)23)9-17(15)26(29)30/h2-7,9,12,24H,8,10-11H2,1H3. The molecule has 8 nitrogen and oxygen atoms in total. The van der Waals surface area contributed by atoms with E-state index in [0.717, 1.165) is 17.3 Å². The summed E-state index contributed by atoms with van der Waals surface area (Å²) >= 11 is 0. The monoisotopic (exact) mass is 437 g/mol. The number of carbonyl (C=O) groups excluding carboxylic acids is 2. The first-order valence-electron chi connectivity index (χ1n) is 9.23. The molecular weight excluding hydrogens is 419 g/mol. The number of hydrogen-bond acceptors (Lipinski definition) is 6. The number of benzene rings is 2. The Morgan fingerprint density at radius 3 is 2.65 bits per heavy atom. The van der Waals surface area contributed by atoms with Crippen LogP contribution in [0.15, 0.2) is 42.5 Å². The van der Waals surface area contributed by atoms with Gasteiger partial charge in [0.05, 0.1) is 10.5 Å². The van der Waals surface area contributed by atoms with Crippen LogP contribution in [0.1, 0.15) is 18.1 Å². The van der Waals surface area contributed by atoms with Gasteiger partial charge in [0, 0.05) is 17.8 Å². The van der Waals surface area contributed by atoms with E-state index >= 15 is 0 Å². The van der Waals surface area contributed by atoms with Gasteiger partial charge in [0.25, 0.3) is 11.6 Å². The van der Waals surface area contributed by atoms with Crippen LogP contribution in [0.2, 0.25) is 0 Å². The van der Waals surface area contributed by atoms with Gasteiger partial charge in [0.2, 0.25) is 0 Å². The molecule has 0 saturated heterocycles. The lowest BCUT2D eigenvalue weighted by Crippen LogP contribution is -2.39. The number of rotatable bonds is 6. The third-order valence-electron chi connectivity index (χ3n) is 4.78. The molecule has 0 radical (unpaired) electrons. The number of para-hydroxylation sites is 1. The maximum atomic E-state index is 12.7. The number of hydrogen-bond donors (Lipinski definition) is 1. The Hall–Kier alpha value is -3.63. The van der Waals surface area contributed by atoms with Crippen LogP contribution in [0.5, 0.6) is 0 Å². The van der Waals surface area contributed by atoms with Crippen molar-refractivity contribution in [1.29, 1.82) is 0 Å². The molecule has 1 aliphatic rings. The number of nitro benzene ring substituents is 1. The lowest BCUT2D eigenvalue weighted by molar-refractivity contribution is -0.384. The fourth-order valence-corrected chi connectivity index (χ4v) is 3.38. The lowest BCUT2D eigenvalue weighted by atomic mass is 10.1. The molecule has 1 heterocycles. The van der Waals surface area contributed by atoms with Crippen molar-refractivity contribution in [2.24, 2.45) is 0 Å². The molecule has 2 aromatic rings. The first-order valence-corrected chi connectivity index (χ1v) is 9.23. The zero-order valence-corrected chi connectivity index (χ0v) is 16.3. The molecule has 0 spiro atoms. The minimum atomic E-state index is -4.74. The minimum absolute atomic E-state index is 0.100. The van der Waals surface area contributed by atoms with Crippen LogP contribution in [0.25, 0.3) is 0 Å². The van der Waals surface area contributed by atoms with Crippen LogP contribution in [0.4, 0.5) is 30.2 Å². The minimum Gasteiger partial charge on any atom is -0.454 e. The molecular formula is C20H18F3N3O5. The molecule has 0 aromatic heterocycles. The normalized spacial score (nSPS) is 15.4. The molecule has 3 rings (SSSR count). The number of nitro groups is 1. The van der Waals surface area contributed by atoms with E-state index in [1.54, 1.807) is 12.1 Å². The molecule has 31 heavy (non-hydrogen) atoms. The summed E-state index contributed by atoms with van der Waals surface area (Å²) in [6, 6.07) is 9.17. The third-order valence-corrected chi connectivity index (χ3v) is 4.78. The molecule has 0 saturated carbocycles. The Morgan fingerprint density at radius 1 is 1.26 bits per heavy atom. The largest absolute Gasteiger partial charge is 0.454 e. The maximum Gasteiger partial charge on any atom is 0.416 e. The van der Waals surface area contributed by atoms with E-state index in [-0.39, 0.29) is 11.7 Å². The van der Waals surface area contributed by atoms with Crippen LogP contribution >= 0.6 is 0 Å². The zero-order chi connectivity index (χ0) is 22.8. The maximum absolute atomic E-state index is 12.7. The number of anilines is 2. The van der Waals surface area contributed by atoms with E-state index in [2.05, 4.69) is 5.32 Å². The van der Waals surface area contributed by atoms with Crippen molar-refractivity contribution in [1.82, 2.24) is 0 Å². The average molecular weight is 437 g/mol. The predicted octanol–water partition coefficient (Wildman–Crippen LogP) is 3.55. The molecule has 11 heteroatoms. The first-order chi connectivity index (χ1) is 14.6. The summed E-state index contributed by atoms with van der Waals surface area (Å²) in [5, 5.41) is 13.5. The number of amides is 1. The van der Waals surface area contributed by atoms with Gasteiger partial charge in [-0.25, -0.2) is 0 Å². The molecule has 164 valence electrons. The van der Waals surface area contributed by atoms with Crippen LogP contribution in [0.3, 0.4) is 0 Å². The number of ether oxygens (including phenoxy) is 1. The predicted molar refractivity (Wildman–Crippen MR) is 105 cm³/mol. The Kier molecular flexibility index (Phi) is 6.14. The van der Waals surface area contributed by atoms with Crippen molar-refractivity contribution in [2.75, 3.05) is 23.4 Å². The van der Waals surface area contributed by atoms with Gasteiger partial charge < -0.3 is 15.0 Å². The third kappa shape index (κ3) is 4.93. The van der Waals surface area contributed by atoms with Gasteiger partial charge in [-0.2, -0.15) is 13.2 Å². The highest BCUT2D eigenvalue weighted by Crippen LogP contribution is 2.35. The summed E-state index contributed by atoms with van der Waals surface area (Å²) < 4.78 is 43.2. The number of alkyl halides is 3. The Balaban J connectivity index is 1.59. The second-order valence-electron chi connectivity index (χ2n) is 6.95. The van der Waals surface area contributed by atoms with E-state index in [9.17, 15) is 32.9 Å². The van der Waals surface area contributed by atoms with E-state index < -0.39 is 47.4 Å². The number of nitrogens with one attached hydrogen (secondary N) is 1. The Labute approximate surface area is 174 Å².